The standard InChI is InChI=1S/C23H27BO2P/c1-23(2)16-14-19(23)21(22(25)26-3)20(15-16)27(24,17-10-6-4-7-11-17)18-12-8-5-9-13-18/h4-13,16,19-21H,14-15H2,1-3H3/t16-,19+,20+,21+/m1/s1. The molecule has 4 atom stereocenters. The molecule has 3 saturated carbocycles. The molecule has 2 nitrogen and oxygen atoms in total. The van der Waals surface area contributed by atoms with E-state index in [1.807, 2.05) is 12.1 Å². The largest absolute Gasteiger partial charge is 0.469 e. The molecule has 2 aromatic carbocycles. The van der Waals surface area contributed by atoms with Crippen LogP contribution in [-0.4, -0.2) is 26.3 Å². The number of rotatable bonds is 4. The molecule has 0 unspecified atom stereocenters. The topological polar surface area (TPSA) is 26.3 Å². The number of benzene rings is 2. The zero-order chi connectivity index (χ0) is 19.2. The van der Waals surface area contributed by atoms with Gasteiger partial charge < -0.3 is 4.74 Å². The molecule has 0 heterocycles. The zero-order valence-electron chi connectivity index (χ0n) is 16.3. The second-order valence-corrected chi connectivity index (χ2v) is 11.9. The van der Waals surface area contributed by atoms with Gasteiger partial charge in [-0.1, -0.05) is 50.2 Å². The van der Waals surface area contributed by atoms with E-state index in [1.165, 1.54) is 17.7 Å². The molecule has 139 valence electrons. The number of carbonyl (C=O) groups is 1. The Labute approximate surface area is 164 Å². The van der Waals surface area contributed by atoms with Crippen LogP contribution in [0, 0.1) is 23.2 Å². The van der Waals surface area contributed by atoms with E-state index in [2.05, 4.69) is 62.4 Å². The molecule has 2 bridgehead atoms. The lowest BCUT2D eigenvalue weighted by molar-refractivity contribution is -0.166. The Morgan fingerprint density at radius 1 is 1.00 bits per heavy atom. The summed E-state index contributed by atoms with van der Waals surface area (Å²) in [6, 6.07) is 20.8. The van der Waals surface area contributed by atoms with Crippen LogP contribution in [0.5, 0.6) is 0 Å². The first-order chi connectivity index (χ1) is 12.9. The van der Waals surface area contributed by atoms with E-state index in [9.17, 15) is 4.79 Å². The fourth-order valence-electron chi connectivity index (χ4n) is 5.53. The van der Waals surface area contributed by atoms with Gasteiger partial charge in [-0.3, -0.25) is 12.4 Å². The average molecular weight is 377 g/mol. The molecule has 0 aromatic heterocycles. The highest BCUT2D eigenvalue weighted by Gasteiger charge is 2.63. The zero-order valence-corrected chi connectivity index (χ0v) is 17.2. The van der Waals surface area contributed by atoms with Crippen LogP contribution in [0.1, 0.15) is 26.7 Å². The Morgan fingerprint density at radius 2 is 1.52 bits per heavy atom. The molecular formula is C23H27BO2P. The summed E-state index contributed by atoms with van der Waals surface area (Å²) in [5.74, 6) is 0.763. The minimum atomic E-state index is -2.24. The summed E-state index contributed by atoms with van der Waals surface area (Å²) in [6.07, 6.45) is 2.12. The highest BCUT2D eigenvalue weighted by atomic mass is 31.2. The van der Waals surface area contributed by atoms with Crippen molar-refractivity contribution < 1.29 is 9.53 Å². The maximum Gasteiger partial charge on any atom is 0.312 e. The lowest BCUT2D eigenvalue weighted by Gasteiger charge is -2.64. The van der Waals surface area contributed by atoms with Crippen LogP contribution in [0.2, 0.25) is 0 Å². The Hall–Kier alpha value is -1.60. The number of ether oxygens (including phenoxy) is 1. The minimum absolute atomic E-state index is 0.0853. The molecule has 0 saturated heterocycles. The molecule has 0 N–H and O–H groups in total. The summed E-state index contributed by atoms with van der Waals surface area (Å²) in [5, 5.41) is 2.35. The van der Waals surface area contributed by atoms with Crippen LogP contribution in [0.15, 0.2) is 60.7 Å². The van der Waals surface area contributed by atoms with Gasteiger partial charge in [-0.2, -0.15) is 7.14 Å². The number of hydrogen-bond donors (Lipinski definition) is 0. The van der Waals surface area contributed by atoms with Gasteiger partial charge in [0.05, 0.1) is 13.0 Å². The second-order valence-electron chi connectivity index (χ2n) is 8.66. The molecule has 0 aliphatic heterocycles. The van der Waals surface area contributed by atoms with Crippen molar-refractivity contribution in [2.45, 2.75) is 32.3 Å². The summed E-state index contributed by atoms with van der Waals surface area (Å²) in [6.45, 7) is 4.61. The summed E-state index contributed by atoms with van der Waals surface area (Å²) < 4.78 is 5.30. The smallest absolute Gasteiger partial charge is 0.312 e. The number of carbonyl (C=O) groups excluding carboxylic acids is 1. The molecule has 5 rings (SSSR count). The molecule has 3 aliphatic rings. The molecule has 3 aliphatic carbocycles. The Kier molecular flexibility index (Phi) is 4.71. The quantitative estimate of drug-likeness (QED) is 0.458. The van der Waals surface area contributed by atoms with Crippen molar-refractivity contribution in [3.05, 3.63) is 60.7 Å². The third-order valence-electron chi connectivity index (χ3n) is 7.28. The highest BCUT2D eigenvalue weighted by molar-refractivity contribution is 8.09. The molecule has 3 fully saturated rings. The lowest BCUT2D eigenvalue weighted by atomic mass is 9.45. The van der Waals surface area contributed by atoms with Gasteiger partial charge >= 0.3 is 5.97 Å². The van der Waals surface area contributed by atoms with Crippen LogP contribution in [0.25, 0.3) is 0 Å². The number of hydrogen-bond acceptors (Lipinski definition) is 2. The Morgan fingerprint density at radius 3 is 1.96 bits per heavy atom. The SMILES string of the molecule is [B-][P+](c1ccccc1)(c1ccccc1)[C@H]1C[C@H]2C[C@@H]([C@@H]1C(=O)OC)C2(C)C. The van der Waals surface area contributed by atoms with E-state index < -0.39 is 7.14 Å². The number of methoxy groups -OCH3 is 1. The Bertz CT molecular complexity index is 781. The predicted octanol–water partition coefficient (Wildman–Crippen LogP) is 3.96. The lowest BCUT2D eigenvalue weighted by Crippen LogP contribution is -2.61. The fourth-order valence-corrected chi connectivity index (χ4v) is 9.35. The summed E-state index contributed by atoms with van der Waals surface area (Å²) in [5.41, 5.74) is 0.319. The molecule has 4 heteroatoms. The van der Waals surface area contributed by atoms with Crippen molar-refractivity contribution >= 4 is 31.3 Å². The summed E-state index contributed by atoms with van der Waals surface area (Å²) >= 11 is 0. The number of fused-ring (bicyclic) bond motifs is 2. The van der Waals surface area contributed by atoms with Crippen LogP contribution < -0.4 is 10.6 Å². The fraction of sp³-hybridized carbons (Fsp3) is 0.435. The molecule has 0 spiro atoms. The monoisotopic (exact) mass is 377 g/mol. The van der Waals surface area contributed by atoms with E-state index in [0.717, 1.165) is 12.8 Å². The van der Waals surface area contributed by atoms with Gasteiger partial charge in [-0.15, -0.1) is 0 Å². The van der Waals surface area contributed by atoms with Gasteiger partial charge in [-0.25, -0.2) is 0 Å². The predicted molar refractivity (Wildman–Crippen MR) is 114 cm³/mol. The van der Waals surface area contributed by atoms with Gasteiger partial charge in [0.1, 0.15) is 0 Å². The second kappa shape index (κ2) is 6.78. The first kappa shape index (κ1) is 18.8. The molecule has 3 radical (unpaired) electrons. The molecule has 2 aromatic rings. The van der Waals surface area contributed by atoms with Gasteiger partial charge in [-0.05, 0) is 54.4 Å². The van der Waals surface area contributed by atoms with E-state index in [1.54, 1.807) is 0 Å². The first-order valence-corrected chi connectivity index (χ1v) is 11.7. The Balaban J connectivity index is 1.86. The van der Waals surface area contributed by atoms with E-state index in [4.69, 9.17) is 12.3 Å². The maximum atomic E-state index is 12.9. The van der Waals surface area contributed by atoms with E-state index >= 15 is 0 Å². The van der Waals surface area contributed by atoms with Gasteiger partial charge in [0, 0.05) is 16.3 Å². The number of esters is 1. The maximum absolute atomic E-state index is 12.9. The molecule has 27 heavy (non-hydrogen) atoms. The van der Waals surface area contributed by atoms with Crippen LogP contribution in [-0.2, 0) is 9.53 Å². The van der Waals surface area contributed by atoms with Crippen molar-refractivity contribution in [1.82, 2.24) is 0 Å². The van der Waals surface area contributed by atoms with Gasteiger partial charge in [0.25, 0.3) is 0 Å². The third-order valence-corrected chi connectivity index (χ3v) is 11.2. The van der Waals surface area contributed by atoms with Gasteiger partial charge in [0.15, 0.2) is 0 Å². The van der Waals surface area contributed by atoms with Crippen molar-refractivity contribution in [2.24, 2.45) is 23.2 Å². The van der Waals surface area contributed by atoms with Crippen LogP contribution in [0.3, 0.4) is 0 Å². The molecule has 0 amide bonds. The van der Waals surface area contributed by atoms with Crippen LogP contribution in [0.4, 0.5) is 0 Å². The van der Waals surface area contributed by atoms with E-state index in [0.29, 0.717) is 11.8 Å². The van der Waals surface area contributed by atoms with Crippen molar-refractivity contribution in [3.8, 4) is 0 Å². The van der Waals surface area contributed by atoms with Crippen molar-refractivity contribution in [2.75, 3.05) is 7.11 Å². The average Bonchev–Trinajstić information content (AvgIpc) is 2.73. The highest BCUT2D eigenvalue weighted by Crippen LogP contribution is 2.71. The first-order valence-electron chi connectivity index (χ1n) is 9.77. The minimum Gasteiger partial charge on any atom is -0.469 e. The van der Waals surface area contributed by atoms with Gasteiger partial charge in [0.2, 0.25) is 0 Å². The normalized spacial score (nSPS) is 28.9. The molecular weight excluding hydrogens is 350 g/mol. The van der Waals surface area contributed by atoms with Crippen molar-refractivity contribution in [1.29, 1.82) is 0 Å². The van der Waals surface area contributed by atoms with E-state index in [-0.39, 0.29) is 23.0 Å². The third kappa shape index (κ3) is 2.78. The summed E-state index contributed by atoms with van der Waals surface area (Å²) in [4.78, 5) is 12.9. The van der Waals surface area contributed by atoms with Crippen molar-refractivity contribution in [3.63, 3.8) is 0 Å². The van der Waals surface area contributed by atoms with Crippen LogP contribution >= 0.6 is 7.14 Å². The summed E-state index contributed by atoms with van der Waals surface area (Å²) in [7, 11) is 6.65.